The number of methoxy groups -OCH3 is 1. The van der Waals surface area contributed by atoms with E-state index in [1.165, 1.54) is 11.1 Å². The number of aliphatic carboxylic acids is 1. The van der Waals surface area contributed by atoms with E-state index in [-0.39, 0.29) is 31.3 Å². The van der Waals surface area contributed by atoms with Crippen molar-refractivity contribution in [3.8, 4) is 22.8 Å². The first kappa shape index (κ1) is 27.6. The molecule has 202 valence electrons. The number of carboxylic acid groups (broad SMARTS) is 1. The fourth-order valence-corrected chi connectivity index (χ4v) is 3.83. The minimum atomic E-state index is -1.73. The zero-order chi connectivity index (χ0) is 27.8. The highest BCUT2D eigenvalue weighted by atomic mass is 35.5. The molecule has 0 radical (unpaired) electrons. The van der Waals surface area contributed by atoms with E-state index in [4.69, 9.17) is 30.7 Å². The number of carboxylic acids is 1. The SMILES string of the molecule is COc1ccc(COc2cc(C(=O)NN(Cc3ccc(-c4cccc(Cl)c4)cc3)C[C@@H](O)C(=O)O)on2)cc1. The van der Waals surface area contributed by atoms with Crippen molar-refractivity contribution in [3.63, 3.8) is 0 Å². The van der Waals surface area contributed by atoms with Gasteiger partial charge in [0.1, 0.15) is 12.4 Å². The molecule has 3 aromatic carbocycles. The molecule has 0 saturated carbocycles. The van der Waals surface area contributed by atoms with E-state index in [0.29, 0.717) is 10.8 Å². The van der Waals surface area contributed by atoms with E-state index in [0.717, 1.165) is 22.3 Å². The van der Waals surface area contributed by atoms with Gasteiger partial charge in [-0.15, -0.1) is 0 Å². The first-order valence-electron chi connectivity index (χ1n) is 11.8. The van der Waals surface area contributed by atoms with E-state index in [1.54, 1.807) is 25.3 Å². The van der Waals surface area contributed by atoms with Crippen LogP contribution in [0.3, 0.4) is 0 Å². The van der Waals surface area contributed by atoms with Crippen molar-refractivity contribution in [2.75, 3.05) is 13.7 Å². The second kappa shape index (κ2) is 12.9. The lowest BCUT2D eigenvalue weighted by molar-refractivity contribution is -0.148. The van der Waals surface area contributed by atoms with Crippen LogP contribution in [0.1, 0.15) is 21.7 Å². The Hall–Kier alpha value is -4.38. The molecule has 0 saturated heterocycles. The van der Waals surface area contributed by atoms with Crippen LogP contribution in [0.5, 0.6) is 11.6 Å². The van der Waals surface area contributed by atoms with Gasteiger partial charge in [-0.2, -0.15) is 0 Å². The van der Waals surface area contributed by atoms with Crippen LogP contribution in [0.4, 0.5) is 0 Å². The third-order valence-corrected chi connectivity index (χ3v) is 5.92. The molecule has 1 heterocycles. The molecule has 0 aliphatic rings. The Kier molecular flexibility index (Phi) is 9.16. The number of benzene rings is 3. The number of aliphatic hydroxyl groups is 1. The van der Waals surface area contributed by atoms with Gasteiger partial charge in [0.25, 0.3) is 5.88 Å². The minimum Gasteiger partial charge on any atom is -0.497 e. The van der Waals surface area contributed by atoms with Gasteiger partial charge in [0.15, 0.2) is 6.10 Å². The highest BCUT2D eigenvalue weighted by Crippen LogP contribution is 2.23. The van der Waals surface area contributed by atoms with Crippen LogP contribution in [0.2, 0.25) is 5.02 Å². The van der Waals surface area contributed by atoms with Crippen molar-refractivity contribution >= 4 is 23.5 Å². The second-order valence-corrected chi connectivity index (χ2v) is 8.99. The van der Waals surface area contributed by atoms with Crippen molar-refractivity contribution in [1.29, 1.82) is 0 Å². The number of hydrogen-bond donors (Lipinski definition) is 3. The largest absolute Gasteiger partial charge is 0.497 e. The van der Waals surface area contributed by atoms with Gasteiger partial charge in [-0.1, -0.05) is 60.1 Å². The van der Waals surface area contributed by atoms with Crippen LogP contribution in [0, 0.1) is 0 Å². The number of aromatic nitrogens is 1. The van der Waals surface area contributed by atoms with Crippen molar-refractivity contribution < 1.29 is 33.8 Å². The molecule has 0 aliphatic carbocycles. The van der Waals surface area contributed by atoms with Gasteiger partial charge >= 0.3 is 11.9 Å². The molecule has 0 bridgehead atoms. The van der Waals surface area contributed by atoms with Crippen LogP contribution >= 0.6 is 11.6 Å². The highest BCUT2D eigenvalue weighted by molar-refractivity contribution is 6.30. The molecular formula is C28H26ClN3O7. The van der Waals surface area contributed by atoms with Gasteiger partial charge in [0, 0.05) is 11.6 Å². The minimum absolute atomic E-state index is 0.102. The first-order chi connectivity index (χ1) is 18.8. The van der Waals surface area contributed by atoms with Crippen molar-refractivity contribution in [3.05, 3.63) is 101 Å². The summed E-state index contributed by atoms with van der Waals surface area (Å²) in [5.41, 5.74) is 6.07. The summed E-state index contributed by atoms with van der Waals surface area (Å²) >= 11 is 6.08. The standard InChI is InChI=1S/C28H26ClN3O7/c1-37-23-11-7-19(8-12-23)17-38-26-14-25(39-31-26)27(34)30-32(16-24(33)28(35)36)15-18-5-9-20(10-6-18)21-3-2-4-22(29)13-21/h2-14,24,33H,15-17H2,1H3,(H,30,34)(H,35,36)/t24-/m1/s1. The smallest absolute Gasteiger partial charge is 0.333 e. The maximum Gasteiger partial charge on any atom is 0.333 e. The number of hydrogen-bond acceptors (Lipinski definition) is 8. The molecule has 1 aromatic heterocycles. The number of hydrazine groups is 1. The summed E-state index contributed by atoms with van der Waals surface area (Å²) in [5.74, 6) is -1.43. The lowest BCUT2D eigenvalue weighted by Crippen LogP contribution is -2.47. The Morgan fingerprint density at radius 1 is 1.03 bits per heavy atom. The third-order valence-electron chi connectivity index (χ3n) is 5.68. The normalized spacial score (nSPS) is 11.7. The summed E-state index contributed by atoms with van der Waals surface area (Å²) in [4.78, 5) is 24.1. The number of halogens is 1. The molecule has 4 rings (SSSR count). The topological polar surface area (TPSA) is 134 Å². The van der Waals surface area contributed by atoms with Gasteiger partial charge in [0.2, 0.25) is 5.76 Å². The second-order valence-electron chi connectivity index (χ2n) is 8.55. The molecule has 0 fully saturated rings. The van der Waals surface area contributed by atoms with E-state index in [9.17, 15) is 14.7 Å². The Morgan fingerprint density at radius 2 is 1.74 bits per heavy atom. The van der Waals surface area contributed by atoms with Crippen LogP contribution < -0.4 is 14.9 Å². The number of carbonyl (C=O) groups excluding carboxylic acids is 1. The van der Waals surface area contributed by atoms with Crippen molar-refractivity contribution in [2.45, 2.75) is 19.3 Å². The molecular weight excluding hydrogens is 526 g/mol. The molecule has 0 unspecified atom stereocenters. The lowest BCUT2D eigenvalue weighted by atomic mass is 10.0. The van der Waals surface area contributed by atoms with E-state index in [2.05, 4.69) is 10.6 Å². The molecule has 1 amide bonds. The fraction of sp³-hybridized carbons (Fsp3) is 0.179. The van der Waals surface area contributed by atoms with E-state index < -0.39 is 18.0 Å². The number of nitrogens with one attached hydrogen (secondary N) is 1. The molecule has 0 spiro atoms. The molecule has 4 aromatic rings. The molecule has 1 atom stereocenters. The summed E-state index contributed by atoms with van der Waals surface area (Å²) in [6, 6.07) is 23.5. The number of nitrogens with zero attached hydrogens (tertiary/aromatic N) is 2. The quantitative estimate of drug-likeness (QED) is 0.222. The van der Waals surface area contributed by atoms with Gasteiger partial charge in [-0.3, -0.25) is 10.2 Å². The van der Waals surface area contributed by atoms with E-state index in [1.807, 2.05) is 54.6 Å². The molecule has 11 heteroatoms. The fourth-order valence-electron chi connectivity index (χ4n) is 3.64. The Balaban J connectivity index is 1.40. The number of ether oxygens (including phenoxy) is 2. The molecule has 10 nitrogen and oxygen atoms in total. The van der Waals surface area contributed by atoms with Crippen LogP contribution in [0.25, 0.3) is 11.1 Å². The molecule has 39 heavy (non-hydrogen) atoms. The summed E-state index contributed by atoms with van der Waals surface area (Å²) < 4.78 is 15.8. The average molecular weight is 552 g/mol. The van der Waals surface area contributed by atoms with Crippen LogP contribution in [0.15, 0.2) is 83.4 Å². The average Bonchev–Trinajstić information content (AvgIpc) is 3.42. The number of aliphatic hydroxyl groups excluding tert-OH is 1. The monoisotopic (exact) mass is 551 g/mol. The predicted molar refractivity (Wildman–Crippen MR) is 142 cm³/mol. The summed E-state index contributed by atoms with van der Waals surface area (Å²) in [6.07, 6.45) is -1.73. The van der Waals surface area contributed by atoms with Gasteiger partial charge in [0.05, 0.1) is 19.7 Å². The summed E-state index contributed by atoms with van der Waals surface area (Å²) in [5, 5.41) is 24.8. The number of carbonyl (C=O) groups is 2. The Bertz CT molecular complexity index is 1410. The highest BCUT2D eigenvalue weighted by Gasteiger charge is 2.22. The van der Waals surface area contributed by atoms with E-state index >= 15 is 0 Å². The Labute approximate surface area is 229 Å². The third kappa shape index (κ3) is 7.81. The van der Waals surface area contributed by atoms with Gasteiger partial charge in [-0.05, 0) is 51.7 Å². The van der Waals surface area contributed by atoms with Gasteiger partial charge < -0.3 is 24.2 Å². The van der Waals surface area contributed by atoms with Crippen LogP contribution in [-0.2, 0) is 17.9 Å². The van der Waals surface area contributed by atoms with Crippen molar-refractivity contribution in [1.82, 2.24) is 15.6 Å². The van der Waals surface area contributed by atoms with Crippen LogP contribution in [-0.4, -0.2) is 52.0 Å². The number of rotatable bonds is 12. The zero-order valence-corrected chi connectivity index (χ0v) is 21.7. The predicted octanol–water partition coefficient (Wildman–Crippen LogP) is 4.18. The van der Waals surface area contributed by atoms with Crippen molar-refractivity contribution in [2.24, 2.45) is 0 Å². The maximum atomic E-state index is 12.8. The summed E-state index contributed by atoms with van der Waals surface area (Å²) in [7, 11) is 1.58. The first-order valence-corrected chi connectivity index (χ1v) is 12.2. The Morgan fingerprint density at radius 3 is 2.41 bits per heavy atom. The number of amides is 1. The maximum absolute atomic E-state index is 12.8. The summed E-state index contributed by atoms with van der Waals surface area (Å²) in [6.45, 7) is -0.0628. The van der Waals surface area contributed by atoms with Gasteiger partial charge in [-0.25, -0.2) is 9.80 Å². The molecule has 3 N–H and O–H groups in total. The zero-order valence-electron chi connectivity index (χ0n) is 20.9. The molecule has 0 aliphatic heterocycles. The lowest BCUT2D eigenvalue weighted by Gasteiger charge is -2.24.